The summed E-state index contributed by atoms with van der Waals surface area (Å²) < 4.78 is 39.4. The first kappa shape index (κ1) is 26.1. The summed E-state index contributed by atoms with van der Waals surface area (Å²) in [6, 6.07) is 19.2. The highest BCUT2D eigenvalue weighted by Crippen LogP contribution is 2.32. The van der Waals surface area contributed by atoms with Crippen molar-refractivity contribution in [3.8, 4) is 11.5 Å². The number of hydrogen-bond donors (Lipinski definition) is 1. The third-order valence-corrected chi connectivity index (χ3v) is 7.44. The number of carbonyl (C=O) groups is 1. The van der Waals surface area contributed by atoms with Crippen molar-refractivity contribution in [2.24, 2.45) is 0 Å². The van der Waals surface area contributed by atoms with Gasteiger partial charge < -0.3 is 14.8 Å². The number of amides is 1. The smallest absolute Gasteiger partial charge is 0.264 e. The lowest BCUT2D eigenvalue weighted by Crippen LogP contribution is -2.42. The van der Waals surface area contributed by atoms with E-state index in [1.165, 1.54) is 32.4 Å². The molecule has 35 heavy (non-hydrogen) atoms. The number of carbonyl (C=O) groups excluding carboxylic acids is 1. The van der Waals surface area contributed by atoms with Crippen molar-refractivity contribution in [2.45, 2.75) is 38.1 Å². The highest BCUT2D eigenvalue weighted by Gasteiger charge is 2.29. The van der Waals surface area contributed by atoms with Gasteiger partial charge in [0, 0.05) is 6.07 Å². The summed E-state index contributed by atoms with van der Waals surface area (Å²) in [5.41, 5.74) is 3.16. The second-order valence-corrected chi connectivity index (χ2v) is 10.2. The molecule has 0 aliphatic heterocycles. The van der Waals surface area contributed by atoms with Gasteiger partial charge in [-0.05, 0) is 61.2 Å². The van der Waals surface area contributed by atoms with Crippen LogP contribution in [0.2, 0.25) is 0 Å². The van der Waals surface area contributed by atoms with Gasteiger partial charge in [0.15, 0.2) is 11.5 Å². The molecule has 8 heteroatoms. The number of benzene rings is 3. The van der Waals surface area contributed by atoms with Crippen LogP contribution in [-0.2, 0) is 14.8 Å². The monoisotopic (exact) mass is 496 g/mol. The third-order valence-electron chi connectivity index (χ3n) is 5.67. The molecule has 3 aromatic carbocycles. The number of aryl methyl sites for hydroxylation is 2. The molecule has 0 radical (unpaired) electrons. The average Bonchev–Trinajstić information content (AvgIpc) is 2.85. The first-order valence-electron chi connectivity index (χ1n) is 11.4. The zero-order chi connectivity index (χ0) is 25.6. The van der Waals surface area contributed by atoms with Gasteiger partial charge in [0.25, 0.3) is 10.0 Å². The van der Waals surface area contributed by atoms with Crippen LogP contribution < -0.4 is 19.1 Å². The molecule has 0 fully saturated rings. The molecule has 0 heterocycles. The van der Waals surface area contributed by atoms with Crippen LogP contribution in [0.3, 0.4) is 0 Å². The molecule has 3 aromatic rings. The molecule has 186 valence electrons. The van der Waals surface area contributed by atoms with Crippen LogP contribution in [0.25, 0.3) is 0 Å². The fraction of sp³-hybridized carbons (Fsp3) is 0.296. The lowest BCUT2D eigenvalue weighted by atomic mass is 10.0. The van der Waals surface area contributed by atoms with Crippen molar-refractivity contribution in [3.63, 3.8) is 0 Å². The molecule has 1 amide bonds. The van der Waals surface area contributed by atoms with Crippen LogP contribution in [0.1, 0.15) is 36.1 Å². The van der Waals surface area contributed by atoms with E-state index in [9.17, 15) is 13.2 Å². The largest absolute Gasteiger partial charge is 0.493 e. The fourth-order valence-corrected chi connectivity index (χ4v) is 5.41. The molecule has 1 unspecified atom stereocenters. The normalized spacial score (nSPS) is 12.0. The topological polar surface area (TPSA) is 84.9 Å². The highest BCUT2D eigenvalue weighted by molar-refractivity contribution is 7.92. The third kappa shape index (κ3) is 6.14. The van der Waals surface area contributed by atoms with E-state index in [2.05, 4.69) is 5.32 Å². The first-order valence-corrected chi connectivity index (χ1v) is 12.8. The summed E-state index contributed by atoms with van der Waals surface area (Å²) in [4.78, 5) is 13.2. The average molecular weight is 497 g/mol. The first-order chi connectivity index (χ1) is 16.7. The van der Waals surface area contributed by atoms with Gasteiger partial charge in [-0.15, -0.1) is 0 Å². The van der Waals surface area contributed by atoms with Gasteiger partial charge in [-0.1, -0.05) is 43.3 Å². The molecule has 0 aliphatic carbocycles. The van der Waals surface area contributed by atoms with Gasteiger partial charge >= 0.3 is 0 Å². The van der Waals surface area contributed by atoms with Gasteiger partial charge in [0.05, 0.1) is 30.8 Å². The van der Waals surface area contributed by atoms with Crippen molar-refractivity contribution in [2.75, 3.05) is 25.1 Å². The lowest BCUT2D eigenvalue weighted by molar-refractivity contribution is -0.120. The van der Waals surface area contributed by atoms with Crippen LogP contribution in [0.15, 0.2) is 71.6 Å². The van der Waals surface area contributed by atoms with E-state index in [0.717, 1.165) is 21.0 Å². The number of nitrogens with zero attached hydrogens (tertiary/aromatic N) is 1. The SMILES string of the molecule is CCC(NC(=O)CN(c1cc(C)cc(C)c1)S(=O)(=O)c1ccc(OC)c(OC)c1)c1ccccc1. The minimum atomic E-state index is -4.11. The molecule has 0 aromatic heterocycles. The molecule has 1 N–H and O–H groups in total. The van der Waals surface area contributed by atoms with Crippen LogP contribution in [0.5, 0.6) is 11.5 Å². The minimum Gasteiger partial charge on any atom is -0.493 e. The number of hydrogen-bond acceptors (Lipinski definition) is 5. The Labute approximate surface area is 207 Å². The zero-order valence-electron chi connectivity index (χ0n) is 20.7. The second-order valence-electron chi connectivity index (χ2n) is 8.31. The Bertz CT molecular complexity index is 1260. The van der Waals surface area contributed by atoms with E-state index in [4.69, 9.17) is 9.47 Å². The van der Waals surface area contributed by atoms with Crippen molar-refractivity contribution in [3.05, 3.63) is 83.4 Å². The van der Waals surface area contributed by atoms with Gasteiger partial charge in [-0.2, -0.15) is 0 Å². The summed E-state index contributed by atoms with van der Waals surface area (Å²) in [5.74, 6) is 0.299. The molecule has 7 nitrogen and oxygen atoms in total. The second kappa shape index (κ2) is 11.3. The predicted molar refractivity (Wildman–Crippen MR) is 138 cm³/mol. The maximum atomic E-state index is 13.8. The Balaban J connectivity index is 2.00. The Hall–Kier alpha value is -3.52. The van der Waals surface area contributed by atoms with E-state index in [1.54, 1.807) is 12.1 Å². The summed E-state index contributed by atoms with van der Waals surface area (Å²) in [7, 11) is -1.19. The number of sulfonamides is 1. The van der Waals surface area contributed by atoms with Gasteiger partial charge in [0.1, 0.15) is 6.54 Å². The van der Waals surface area contributed by atoms with Crippen LogP contribution in [-0.4, -0.2) is 35.1 Å². The van der Waals surface area contributed by atoms with E-state index in [-0.39, 0.29) is 23.2 Å². The molecule has 1 atom stereocenters. The number of anilines is 1. The van der Waals surface area contributed by atoms with Crippen molar-refractivity contribution in [1.82, 2.24) is 5.32 Å². The predicted octanol–water partition coefficient (Wildman–Crippen LogP) is 4.78. The van der Waals surface area contributed by atoms with E-state index in [0.29, 0.717) is 17.9 Å². The van der Waals surface area contributed by atoms with Crippen molar-refractivity contribution in [1.29, 1.82) is 0 Å². The van der Waals surface area contributed by atoms with E-state index < -0.39 is 15.9 Å². The Morgan fingerprint density at radius 2 is 1.54 bits per heavy atom. The molecule has 0 saturated carbocycles. The Morgan fingerprint density at radius 1 is 0.914 bits per heavy atom. The van der Waals surface area contributed by atoms with Crippen molar-refractivity contribution >= 4 is 21.6 Å². The maximum Gasteiger partial charge on any atom is 0.264 e. The Kier molecular flexibility index (Phi) is 8.40. The number of nitrogens with one attached hydrogen (secondary N) is 1. The molecular formula is C27H32N2O5S. The zero-order valence-corrected chi connectivity index (χ0v) is 21.6. The van der Waals surface area contributed by atoms with Gasteiger partial charge in [-0.3, -0.25) is 9.10 Å². The minimum absolute atomic E-state index is 0.00258. The van der Waals surface area contributed by atoms with Crippen LogP contribution in [0.4, 0.5) is 5.69 Å². The van der Waals surface area contributed by atoms with E-state index in [1.807, 2.05) is 57.2 Å². The molecule has 0 spiro atoms. The van der Waals surface area contributed by atoms with Gasteiger partial charge in [-0.25, -0.2) is 8.42 Å². The molecule has 3 rings (SSSR count). The molecule has 0 bridgehead atoms. The van der Waals surface area contributed by atoms with Gasteiger partial charge in [0.2, 0.25) is 5.91 Å². The highest BCUT2D eigenvalue weighted by atomic mass is 32.2. The molecular weight excluding hydrogens is 464 g/mol. The van der Waals surface area contributed by atoms with E-state index >= 15 is 0 Å². The van der Waals surface area contributed by atoms with Crippen LogP contribution in [0, 0.1) is 13.8 Å². The summed E-state index contributed by atoms with van der Waals surface area (Å²) >= 11 is 0. The summed E-state index contributed by atoms with van der Waals surface area (Å²) in [6.07, 6.45) is 0.668. The fourth-order valence-electron chi connectivity index (χ4n) is 3.99. The quantitative estimate of drug-likeness (QED) is 0.437. The van der Waals surface area contributed by atoms with Crippen molar-refractivity contribution < 1.29 is 22.7 Å². The summed E-state index contributed by atoms with van der Waals surface area (Å²) in [6.45, 7) is 5.38. The number of ether oxygens (including phenoxy) is 2. The maximum absolute atomic E-state index is 13.8. The number of rotatable bonds is 10. The Morgan fingerprint density at radius 3 is 2.11 bits per heavy atom. The lowest BCUT2D eigenvalue weighted by Gasteiger charge is -2.26. The summed E-state index contributed by atoms with van der Waals surface area (Å²) in [5, 5.41) is 2.99. The molecule has 0 aliphatic rings. The van der Waals surface area contributed by atoms with Crippen LogP contribution >= 0.6 is 0 Å². The standard InChI is InChI=1S/C27H32N2O5S/c1-6-24(21-10-8-7-9-11-21)28-27(30)18-29(22-15-19(2)14-20(3)16-22)35(31,32)23-12-13-25(33-4)26(17-23)34-5/h7-17,24H,6,18H2,1-5H3,(H,28,30). The molecule has 0 saturated heterocycles. The number of methoxy groups -OCH3 is 2.